The van der Waals surface area contributed by atoms with Gasteiger partial charge in [-0.3, -0.25) is 4.79 Å². The normalized spacial score (nSPS) is 26.3. The highest BCUT2D eigenvalue weighted by molar-refractivity contribution is 5.87. The Balaban J connectivity index is 2.66. The molecule has 0 bridgehead atoms. The number of hydrogen-bond acceptors (Lipinski definition) is 3. The Morgan fingerprint density at radius 1 is 1.00 bits per heavy atom. The summed E-state index contributed by atoms with van der Waals surface area (Å²) < 4.78 is 0. The van der Waals surface area contributed by atoms with Crippen molar-refractivity contribution in [3.05, 3.63) is 0 Å². The molecule has 1 aliphatic rings. The van der Waals surface area contributed by atoms with Crippen LogP contribution in [0.2, 0.25) is 0 Å². The smallest absolute Gasteiger partial charge is 0.153 e. The molecule has 2 N–H and O–H groups in total. The van der Waals surface area contributed by atoms with Crippen LogP contribution >= 0.6 is 0 Å². The van der Waals surface area contributed by atoms with E-state index in [4.69, 9.17) is 5.73 Å². The second-order valence-corrected chi connectivity index (χ2v) is 6.19. The van der Waals surface area contributed by atoms with Crippen LogP contribution in [0.25, 0.3) is 0 Å². The molecule has 0 saturated heterocycles. The van der Waals surface area contributed by atoms with E-state index < -0.39 is 5.41 Å². The first-order chi connectivity index (χ1) is 9.75. The van der Waals surface area contributed by atoms with Crippen LogP contribution in [0, 0.1) is 16.7 Å². The van der Waals surface area contributed by atoms with E-state index >= 15 is 0 Å². The molecule has 1 atom stereocenters. The second-order valence-electron chi connectivity index (χ2n) is 6.19. The minimum Gasteiger partial charge on any atom is -0.330 e. The lowest BCUT2D eigenvalue weighted by Gasteiger charge is -2.25. The lowest BCUT2D eigenvalue weighted by atomic mass is 9.74. The molecule has 1 fully saturated rings. The first-order valence-corrected chi connectivity index (χ1v) is 8.40. The molecule has 0 aliphatic heterocycles. The number of Topliss-reactive ketones (excluding diaryl/α,β-unsaturated/α-hetero) is 1. The molecule has 1 aliphatic carbocycles. The molecular weight excluding hydrogens is 248 g/mol. The molecule has 0 spiro atoms. The molecular formula is C17H30N2O. The maximum atomic E-state index is 12.5. The number of carbonyl (C=O) groups excluding carboxylic acids is 1. The number of ketones is 1. The Labute approximate surface area is 123 Å². The Morgan fingerprint density at radius 2 is 1.60 bits per heavy atom. The Kier molecular flexibility index (Phi) is 8.53. The monoisotopic (exact) mass is 278 g/mol. The van der Waals surface area contributed by atoms with Gasteiger partial charge in [0.25, 0.3) is 0 Å². The summed E-state index contributed by atoms with van der Waals surface area (Å²) >= 11 is 0. The van der Waals surface area contributed by atoms with Gasteiger partial charge in [0.15, 0.2) is 5.78 Å². The van der Waals surface area contributed by atoms with Gasteiger partial charge in [0.2, 0.25) is 0 Å². The highest BCUT2D eigenvalue weighted by Crippen LogP contribution is 2.34. The predicted octanol–water partition coefficient (Wildman–Crippen LogP) is 4.11. The van der Waals surface area contributed by atoms with Crippen molar-refractivity contribution >= 4 is 5.78 Å². The van der Waals surface area contributed by atoms with Crippen LogP contribution in [0.15, 0.2) is 0 Å². The fraction of sp³-hybridized carbons (Fsp3) is 0.882. The van der Waals surface area contributed by atoms with Gasteiger partial charge < -0.3 is 5.73 Å². The number of carbonyl (C=O) groups is 1. The van der Waals surface area contributed by atoms with E-state index in [1.165, 1.54) is 25.7 Å². The molecule has 0 aromatic carbocycles. The second kappa shape index (κ2) is 9.94. The molecule has 0 aromatic rings. The first-order valence-electron chi connectivity index (χ1n) is 8.40. The van der Waals surface area contributed by atoms with Gasteiger partial charge in [0.05, 0.1) is 6.07 Å². The summed E-state index contributed by atoms with van der Waals surface area (Å²) in [6, 6.07) is 2.39. The van der Waals surface area contributed by atoms with Crippen LogP contribution in [0.5, 0.6) is 0 Å². The van der Waals surface area contributed by atoms with Crippen molar-refractivity contribution in [2.24, 2.45) is 11.1 Å². The Bertz CT molecular complexity index is 321. The fourth-order valence-corrected chi connectivity index (χ4v) is 3.16. The zero-order chi connectivity index (χ0) is 14.7. The lowest BCUT2D eigenvalue weighted by Crippen LogP contribution is -2.30. The topological polar surface area (TPSA) is 66.9 Å². The summed E-state index contributed by atoms with van der Waals surface area (Å²) in [5.74, 6) is 0.192. The molecule has 0 amide bonds. The Hall–Kier alpha value is -0.880. The summed E-state index contributed by atoms with van der Waals surface area (Å²) in [7, 11) is 0. The number of unbranched alkanes of at least 4 members (excludes halogenated alkanes) is 1. The minimum atomic E-state index is -0.714. The zero-order valence-electron chi connectivity index (χ0n) is 12.8. The third-order valence-corrected chi connectivity index (χ3v) is 4.56. The van der Waals surface area contributed by atoms with E-state index in [1.807, 2.05) is 0 Å². The van der Waals surface area contributed by atoms with Gasteiger partial charge in [-0.2, -0.15) is 5.26 Å². The number of nitrogens with two attached hydrogens (primary N) is 1. The van der Waals surface area contributed by atoms with Crippen LogP contribution in [0.4, 0.5) is 0 Å². The van der Waals surface area contributed by atoms with Crippen molar-refractivity contribution in [2.45, 2.75) is 83.5 Å². The SMILES string of the molecule is N#CC1(CCCCN)CCCCCCCCCCC1=O. The van der Waals surface area contributed by atoms with Crippen molar-refractivity contribution in [2.75, 3.05) is 6.54 Å². The number of nitrogens with zero attached hydrogens (tertiary/aromatic N) is 1. The minimum absolute atomic E-state index is 0.192. The van der Waals surface area contributed by atoms with Crippen LogP contribution in [0.3, 0.4) is 0 Å². The van der Waals surface area contributed by atoms with Gasteiger partial charge in [0.1, 0.15) is 5.41 Å². The van der Waals surface area contributed by atoms with Crippen LogP contribution in [0.1, 0.15) is 83.5 Å². The number of hydrogen-bond donors (Lipinski definition) is 1. The number of nitriles is 1. The lowest BCUT2D eigenvalue weighted by molar-refractivity contribution is -0.126. The summed E-state index contributed by atoms with van der Waals surface area (Å²) in [6.07, 6.45) is 13.2. The molecule has 20 heavy (non-hydrogen) atoms. The quantitative estimate of drug-likeness (QED) is 0.787. The summed E-state index contributed by atoms with van der Waals surface area (Å²) in [5.41, 5.74) is 4.82. The molecule has 0 aromatic heterocycles. The van der Waals surface area contributed by atoms with Crippen molar-refractivity contribution < 1.29 is 4.79 Å². The van der Waals surface area contributed by atoms with E-state index in [9.17, 15) is 10.1 Å². The van der Waals surface area contributed by atoms with Gasteiger partial charge in [-0.05, 0) is 32.2 Å². The molecule has 0 radical (unpaired) electrons. The van der Waals surface area contributed by atoms with E-state index in [0.717, 1.165) is 44.9 Å². The molecule has 1 unspecified atom stereocenters. The van der Waals surface area contributed by atoms with Crippen LogP contribution < -0.4 is 5.73 Å². The van der Waals surface area contributed by atoms with Gasteiger partial charge in [0, 0.05) is 6.42 Å². The summed E-state index contributed by atoms with van der Waals surface area (Å²) in [4.78, 5) is 12.5. The first kappa shape index (κ1) is 17.2. The van der Waals surface area contributed by atoms with E-state index in [-0.39, 0.29) is 5.78 Å². The van der Waals surface area contributed by atoms with Crippen molar-refractivity contribution in [3.8, 4) is 6.07 Å². The number of rotatable bonds is 4. The maximum absolute atomic E-state index is 12.5. The molecule has 114 valence electrons. The highest BCUT2D eigenvalue weighted by Gasteiger charge is 2.36. The van der Waals surface area contributed by atoms with E-state index in [2.05, 4.69) is 6.07 Å². The summed E-state index contributed by atoms with van der Waals surface area (Å²) in [5, 5.41) is 9.61. The third kappa shape index (κ3) is 5.63. The van der Waals surface area contributed by atoms with Crippen molar-refractivity contribution in [3.63, 3.8) is 0 Å². The fourth-order valence-electron chi connectivity index (χ4n) is 3.16. The van der Waals surface area contributed by atoms with E-state index in [1.54, 1.807) is 0 Å². The average molecular weight is 278 g/mol. The molecule has 0 heterocycles. The predicted molar refractivity (Wildman–Crippen MR) is 82.1 cm³/mol. The zero-order valence-corrected chi connectivity index (χ0v) is 12.8. The van der Waals surface area contributed by atoms with E-state index in [0.29, 0.717) is 19.4 Å². The van der Waals surface area contributed by atoms with Crippen molar-refractivity contribution in [1.82, 2.24) is 0 Å². The van der Waals surface area contributed by atoms with Crippen LogP contribution in [-0.4, -0.2) is 12.3 Å². The largest absolute Gasteiger partial charge is 0.330 e. The maximum Gasteiger partial charge on any atom is 0.153 e. The summed E-state index contributed by atoms with van der Waals surface area (Å²) in [6.45, 7) is 0.649. The standard InChI is InChI=1S/C17H30N2O/c18-14-10-9-13-17(15-19)12-8-6-4-2-1-3-5-7-11-16(17)20/h1-14,18H2. The van der Waals surface area contributed by atoms with Gasteiger partial charge >= 0.3 is 0 Å². The average Bonchev–Trinajstić information content (AvgIpc) is 2.45. The van der Waals surface area contributed by atoms with Gasteiger partial charge in [-0.1, -0.05) is 51.4 Å². The van der Waals surface area contributed by atoms with Gasteiger partial charge in [-0.15, -0.1) is 0 Å². The molecule has 1 saturated carbocycles. The highest BCUT2D eigenvalue weighted by atomic mass is 16.1. The van der Waals surface area contributed by atoms with Crippen LogP contribution in [-0.2, 0) is 4.79 Å². The third-order valence-electron chi connectivity index (χ3n) is 4.56. The van der Waals surface area contributed by atoms with Gasteiger partial charge in [-0.25, -0.2) is 0 Å². The molecule has 3 nitrogen and oxygen atoms in total. The molecule has 1 rings (SSSR count). The van der Waals surface area contributed by atoms with Crippen molar-refractivity contribution in [1.29, 1.82) is 5.26 Å². The molecule has 3 heteroatoms. The Morgan fingerprint density at radius 3 is 2.20 bits per heavy atom.